The van der Waals surface area contributed by atoms with E-state index in [1.807, 2.05) is 6.92 Å². The van der Waals surface area contributed by atoms with Gasteiger partial charge in [-0.2, -0.15) is 0 Å². The number of carbonyl (C=O) groups is 2. The largest absolute Gasteiger partial charge is 0.457 e. The zero-order chi connectivity index (χ0) is 13.1. The standard InChI is InChI=1S/C15H20O3/c1-8-4-5-10-9(2)14(17)18-13(10)15(3)11(8)6-7-12(15)16/h8,10-11,13H,2,4-7H2,1,3H3/t8-,10-,11+,13-,15+/m0/s1. The van der Waals surface area contributed by atoms with Crippen LogP contribution in [0.4, 0.5) is 0 Å². The first kappa shape index (κ1) is 11.9. The number of ketones is 1. The number of rotatable bonds is 0. The topological polar surface area (TPSA) is 43.4 Å². The predicted octanol–water partition coefficient (Wildman–Crippen LogP) is 2.50. The molecule has 0 radical (unpaired) electrons. The first-order valence-corrected chi connectivity index (χ1v) is 6.89. The summed E-state index contributed by atoms with van der Waals surface area (Å²) in [5, 5.41) is 0. The summed E-state index contributed by atoms with van der Waals surface area (Å²) in [4.78, 5) is 24.1. The third-order valence-corrected chi connectivity index (χ3v) is 5.57. The number of hydrogen-bond donors (Lipinski definition) is 0. The molecule has 1 heterocycles. The van der Waals surface area contributed by atoms with Crippen molar-refractivity contribution in [1.29, 1.82) is 0 Å². The molecule has 1 aliphatic heterocycles. The zero-order valence-electron chi connectivity index (χ0n) is 11.1. The van der Waals surface area contributed by atoms with Crippen molar-refractivity contribution in [3.05, 3.63) is 12.2 Å². The summed E-state index contributed by atoms with van der Waals surface area (Å²) in [5.41, 5.74) is 0.101. The van der Waals surface area contributed by atoms with Gasteiger partial charge in [0.05, 0.1) is 5.41 Å². The van der Waals surface area contributed by atoms with E-state index in [-0.39, 0.29) is 23.8 Å². The molecule has 98 valence electrons. The van der Waals surface area contributed by atoms with Crippen LogP contribution in [-0.2, 0) is 14.3 Å². The van der Waals surface area contributed by atoms with Crippen LogP contribution in [0, 0.1) is 23.2 Å². The Morgan fingerprint density at radius 2 is 2.00 bits per heavy atom. The van der Waals surface area contributed by atoms with Crippen molar-refractivity contribution in [3.63, 3.8) is 0 Å². The Hall–Kier alpha value is -1.12. The van der Waals surface area contributed by atoms with Gasteiger partial charge in [-0.1, -0.05) is 13.5 Å². The Balaban J connectivity index is 2.07. The van der Waals surface area contributed by atoms with Crippen molar-refractivity contribution >= 4 is 11.8 Å². The molecule has 2 aliphatic carbocycles. The summed E-state index contributed by atoms with van der Waals surface area (Å²) in [6, 6.07) is 0. The van der Waals surface area contributed by atoms with E-state index in [1.165, 1.54) is 0 Å². The van der Waals surface area contributed by atoms with Crippen LogP contribution in [0.5, 0.6) is 0 Å². The number of carbonyl (C=O) groups excluding carboxylic acids is 2. The molecule has 0 spiro atoms. The molecule has 2 saturated carbocycles. The molecule has 0 aromatic rings. The third-order valence-electron chi connectivity index (χ3n) is 5.57. The summed E-state index contributed by atoms with van der Waals surface area (Å²) >= 11 is 0. The third kappa shape index (κ3) is 1.30. The lowest BCUT2D eigenvalue weighted by molar-refractivity contribution is -0.151. The minimum Gasteiger partial charge on any atom is -0.457 e. The quantitative estimate of drug-likeness (QED) is 0.488. The van der Waals surface area contributed by atoms with Crippen molar-refractivity contribution in [2.75, 3.05) is 0 Å². The van der Waals surface area contributed by atoms with Gasteiger partial charge < -0.3 is 4.74 Å². The van der Waals surface area contributed by atoms with Gasteiger partial charge in [-0.25, -0.2) is 4.79 Å². The first-order valence-electron chi connectivity index (χ1n) is 6.89. The number of hydrogen-bond acceptors (Lipinski definition) is 3. The maximum atomic E-state index is 12.4. The van der Waals surface area contributed by atoms with Gasteiger partial charge in [-0.05, 0) is 38.0 Å². The highest BCUT2D eigenvalue weighted by atomic mass is 16.6. The highest BCUT2D eigenvalue weighted by Crippen LogP contribution is 2.56. The van der Waals surface area contributed by atoms with Crippen molar-refractivity contribution in [1.82, 2.24) is 0 Å². The highest BCUT2D eigenvalue weighted by molar-refractivity contribution is 5.94. The molecule has 3 rings (SSSR count). The van der Waals surface area contributed by atoms with Gasteiger partial charge in [0.25, 0.3) is 0 Å². The summed E-state index contributed by atoms with van der Waals surface area (Å²) < 4.78 is 5.53. The van der Waals surface area contributed by atoms with Crippen LogP contribution >= 0.6 is 0 Å². The molecule has 3 nitrogen and oxygen atoms in total. The molecule has 0 amide bonds. The molecule has 0 N–H and O–H groups in total. The van der Waals surface area contributed by atoms with Gasteiger partial charge in [-0.15, -0.1) is 0 Å². The fourth-order valence-corrected chi connectivity index (χ4v) is 4.42. The van der Waals surface area contributed by atoms with E-state index in [2.05, 4.69) is 13.5 Å². The lowest BCUT2D eigenvalue weighted by Gasteiger charge is -2.36. The van der Waals surface area contributed by atoms with Gasteiger partial charge in [0, 0.05) is 17.9 Å². The Bertz CT molecular complexity index is 439. The molecule has 3 aliphatic rings. The molecular weight excluding hydrogens is 228 g/mol. The average molecular weight is 248 g/mol. The monoisotopic (exact) mass is 248 g/mol. The number of Topliss-reactive ketones (excluding diaryl/α,β-unsaturated/α-hetero) is 1. The summed E-state index contributed by atoms with van der Waals surface area (Å²) in [6.45, 7) is 8.11. The van der Waals surface area contributed by atoms with E-state index in [4.69, 9.17) is 4.74 Å². The molecular formula is C15H20O3. The van der Waals surface area contributed by atoms with Crippen LogP contribution in [0.1, 0.15) is 39.5 Å². The van der Waals surface area contributed by atoms with E-state index < -0.39 is 5.41 Å². The molecule has 3 fully saturated rings. The fourth-order valence-electron chi connectivity index (χ4n) is 4.42. The van der Waals surface area contributed by atoms with E-state index in [0.717, 1.165) is 19.3 Å². The highest BCUT2D eigenvalue weighted by Gasteiger charge is 2.60. The minimum atomic E-state index is -0.477. The predicted molar refractivity (Wildman–Crippen MR) is 66.7 cm³/mol. The van der Waals surface area contributed by atoms with Crippen LogP contribution < -0.4 is 0 Å². The van der Waals surface area contributed by atoms with Gasteiger partial charge >= 0.3 is 5.97 Å². The Labute approximate surface area is 108 Å². The molecule has 0 unspecified atom stereocenters. The minimum absolute atomic E-state index is 0.0528. The van der Waals surface area contributed by atoms with E-state index in [0.29, 0.717) is 23.8 Å². The second-order valence-electron chi connectivity index (χ2n) is 6.36. The zero-order valence-corrected chi connectivity index (χ0v) is 11.1. The fraction of sp³-hybridized carbons (Fsp3) is 0.733. The second-order valence-corrected chi connectivity index (χ2v) is 6.36. The summed E-state index contributed by atoms with van der Waals surface area (Å²) in [5.74, 6) is 0.923. The molecule has 0 aromatic heterocycles. The Kier molecular flexibility index (Phi) is 2.45. The summed E-state index contributed by atoms with van der Waals surface area (Å²) in [7, 11) is 0. The molecule has 5 atom stereocenters. The van der Waals surface area contributed by atoms with Gasteiger partial charge in [-0.3, -0.25) is 4.79 Å². The normalized spacial score (nSPS) is 47.6. The van der Waals surface area contributed by atoms with Crippen LogP contribution in [0.3, 0.4) is 0 Å². The maximum absolute atomic E-state index is 12.4. The first-order chi connectivity index (χ1) is 8.46. The van der Waals surface area contributed by atoms with Crippen molar-refractivity contribution < 1.29 is 14.3 Å². The van der Waals surface area contributed by atoms with Gasteiger partial charge in [0.15, 0.2) is 0 Å². The SMILES string of the molecule is C=C1C(=O)O[C@H]2[C@H]1CC[C@H](C)[C@H]1CCC(=O)[C@@]12C. The van der Waals surface area contributed by atoms with Crippen molar-refractivity contribution in [3.8, 4) is 0 Å². The van der Waals surface area contributed by atoms with Crippen LogP contribution in [0.15, 0.2) is 12.2 Å². The molecule has 18 heavy (non-hydrogen) atoms. The van der Waals surface area contributed by atoms with Crippen LogP contribution in [0.25, 0.3) is 0 Å². The number of esters is 1. The van der Waals surface area contributed by atoms with Crippen molar-refractivity contribution in [2.24, 2.45) is 23.2 Å². The molecule has 0 bridgehead atoms. The smallest absolute Gasteiger partial charge is 0.334 e. The maximum Gasteiger partial charge on any atom is 0.334 e. The average Bonchev–Trinajstić information content (AvgIpc) is 2.75. The van der Waals surface area contributed by atoms with E-state index in [1.54, 1.807) is 0 Å². The molecule has 0 aromatic carbocycles. The second kappa shape index (κ2) is 3.69. The van der Waals surface area contributed by atoms with E-state index in [9.17, 15) is 9.59 Å². The number of ether oxygens (including phenoxy) is 1. The van der Waals surface area contributed by atoms with Crippen LogP contribution in [-0.4, -0.2) is 17.9 Å². The van der Waals surface area contributed by atoms with Gasteiger partial charge in [0.2, 0.25) is 0 Å². The number of fused-ring (bicyclic) bond motifs is 3. The van der Waals surface area contributed by atoms with E-state index >= 15 is 0 Å². The molecule has 3 heteroatoms. The molecule has 1 saturated heterocycles. The summed E-state index contributed by atoms with van der Waals surface area (Å²) in [6.07, 6.45) is 3.31. The Morgan fingerprint density at radius 1 is 1.28 bits per heavy atom. The van der Waals surface area contributed by atoms with Crippen molar-refractivity contribution in [2.45, 2.75) is 45.6 Å². The lowest BCUT2D eigenvalue weighted by Crippen LogP contribution is -2.44. The lowest BCUT2D eigenvalue weighted by atomic mass is 9.68. The van der Waals surface area contributed by atoms with Gasteiger partial charge in [0.1, 0.15) is 11.9 Å². The van der Waals surface area contributed by atoms with Crippen LogP contribution in [0.2, 0.25) is 0 Å². The Morgan fingerprint density at radius 3 is 2.72 bits per heavy atom.